The number of benzene rings is 2. The highest BCUT2D eigenvalue weighted by molar-refractivity contribution is 7.89. The van der Waals surface area contributed by atoms with E-state index in [2.05, 4.69) is 10.3 Å². The Morgan fingerprint density at radius 1 is 1.16 bits per heavy atom. The van der Waals surface area contributed by atoms with E-state index in [1.54, 1.807) is 6.20 Å². The fourth-order valence-corrected chi connectivity index (χ4v) is 3.04. The molecular formula is C16H14N4O4S. The summed E-state index contributed by atoms with van der Waals surface area (Å²) in [6, 6.07) is 12.9. The van der Waals surface area contributed by atoms with Crippen molar-refractivity contribution in [3.63, 3.8) is 0 Å². The van der Waals surface area contributed by atoms with Gasteiger partial charge in [0, 0.05) is 35.9 Å². The van der Waals surface area contributed by atoms with Gasteiger partial charge in [0.1, 0.15) is 0 Å². The average molecular weight is 358 g/mol. The molecule has 0 aliphatic carbocycles. The average Bonchev–Trinajstić information content (AvgIpc) is 2.59. The molecule has 0 bridgehead atoms. The van der Waals surface area contributed by atoms with Crippen LogP contribution in [0.15, 0.2) is 59.6 Å². The molecule has 128 valence electrons. The zero-order chi connectivity index (χ0) is 18.0. The summed E-state index contributed by atoms with van der Waals surface area (Å²) < 4.78 is 23.1. The zero-order valence-electron chi connectivity index (χ0n) is 12.9. The minimum absolute atomic E-state index is 0.283. The number of pyridine rings is 1. The van der Waals surface area contributed by atoms with Gasteiger partial charge >= 0.3 is 0 Å². The van der Waals surface area contributed by atoms with Crippen LogP contribution in [0.5, 0.6) is 0 Å². The molecule has 0 saturated heterocycles. The highest BCUT2D eigenvalue weighted by Crippen LogP contribution is 2.24. The van der Waals surface area contributed by atoms with Crippen molar-refractivity contribution in [1.82, 2.24) is 4.98 Å². The Hall–Kier alpha value is -3.04. The van der Waals surface area contributed by atoms with Crippen molar-refractivity contribution in [2.24, 2.45) is 5.14 Å². The standard InChI is InChI=1S/C16H14N4O4S/c17-25(23,24)15-8-13(7-14(9-15)20(21)22)19-10-12-4-1-3-11-5-2-6-18-16(11)12/h1-9,19H,10H2,(H2,17,23,24). The number of nitrogens with one attached hydrogen (secondary N) is 1. The van der Waals surface area contributed by atoms with E-state index in [9.17, 15) is 18.5 Å². The third kappa shape index (κ3) is 3.73. The second-order valence-electron chi connectivity index (χ2n) is 5.36. The molecule has 25 heavy (non-hydrogen) atoms. The monoisotopic (exact) mass is 358 g/mol. The molecule has 3 aromatic rings. The SMILES string of the molecule is NS(=O)(=O)c1cc(NCc2cccc3cccnc23)cc([N+](=O)[O-])c1. The number of para-hydroxylation sites is 1. The number of non-ortho nitro benzene ring substituents is 1. The van der Waals surface area contributed by atoms with Crippen LogP contribution in [0.3, 0.4) is 0 Å². The number of rotatable bonds is 5. The number of anilines is 1. The zero-order valence-corrected chi connectivity index (χ0v) is 13.7. The summed E-state index contributed by atoms with van der Waals surface area (Å²) in [5, 5.41) is 20.1. The molecule has 9 heteroatoms. The fraction of sp³-hybridized carbons (Fsp3) is 0.0625. The number of nitrogens with two attached hydrogens (primary N) is 1. The third-order valence-corrected chi connectivity index (χ3v) is 4.52. The van der Waals surface area contributed by atoms with Gasteiger partial charge in [-0.15, -0.1) is 0 Å². The van der Waals surface area contributed by atoms with Crippen molar-refractivity contribution >= 4 is 32.3 Å². The van der Waals surface area contributed by atoms with Gasteiger partial charge in [-0.2, -0.15) is 0 Å². The Bertz CT molecular complexity index is 1060. The molecule has 0 saturated carbocycles. The molecule has 0 radical (unpaired) electrons. The van der Waals surface area contributed by atoms with Crippen LogP contribution in [0.25, 0.3) is 10.9 Å². The van der Waals surface area contributed by atoms with Gasteiger partial charge in [-0.1, -0.05) is 24.3 Å². The number of aromatic nitrogens is 1. The van der Waals surface area contributed by atoms with Crippen molar-refractivity contribution in [2.45, 2.75) is 11.4 Å². The molecule has 2 aromatic carbocycles. The molecule has 0 spiro atoms. The Morgan fingerprint density at radius 3 is 2.64 bits per heavy atom. The maximum absolute atomic E-state index is 11.5. The number of nitro groups is 1. The van der Waals surface area contributed by atoms with Crippen LogP contribution in [0, 0.1) is 10.1 Å². The number of fused-ring (bicyclic) bond motifs is 1. The van der Waals surface area contributed by atoms with Crippen LogP contribution in [-0.4, -0.2) is 18.3 Å². The van der Waals surface area contributed by atoms with Gasteiger partial charge in [0.25, 0.3) is 5.69 Å². The van der Waals surface area contributed by atoms with Gasteiger partial charge in [0.15, 0.2) is 0 Å². The highest BCUT2D eigenvalue weighted by atomic mass is 32.2. The Morgan fingerprint density at radius 2 is 1.92 bits per heavy atom. The van der Waals surface area contributed by atoms with Gasteiger partial charge < -0.3 is 5.32 Å². The smallest absolute Gasteiger partial charge is 0.272 e. The highest BCUT2D eigenvalue weighted by Gasteiger charge is 2.16. The number of hydrogen-bond donors (Lipinski definition) is 2. The first kappa shape index (κ1) is 16.8. The molecule has 0 amide bonds. The maximum Gasteiger partial charge on any atom is 0.272 e. The number of sulfonamides is 1. The molecule has 0 unspecified atom stereocenters. The van der Waals surface area contributed by atoms with Crippen LogP contribution in [0.4, 0.5) is 11.4 Å². The van der Waals surface area contributed by atoms with Crippen molar-refractivity contribution in [3.8, 4) is 0 Å². The summed E-state index contributed by atoms with van der Waals surface area (Å²) in [7, 11) is -4.06. The minimum Gasteiger partial charge on any atom is -0.381 e. The molecule has 0 fully saturated rings. The molecule has 0 aliphatic heterocycles. The number of nitro benzene ring substituents is 1. The Labute approximate surface area is 143 Å². The number of nitrogens with zero attached hydrogens (tertiary/aromatic N) is 2. The van der Waals surface area contributed by atoms with Crippen molar-refractivity contribution in [1.29, 1.82) is 0 Å². The van der Waals surface area contributed by atoms with Crippen LogP contribution in [-0.2, 0) is 16.6 Å². The Balaban J connectivity index is 1.95. The van der Waals surface area contributed by atoms with Crippen molar-refractivity contribution in [3.05, 3.63) is 70.4 Å². The molecule has 1 heterocycles. The predicted molar refractivity (Wildman–Crippen MR) is 93.5 cm³/mol. The summed E-state index contributed by atoms with van der Waals surface area (Å²) in [5.41, 5.74) is 1.60. The van der Waals surface area contributed by atoms with E-state index < -0.39 is 14.9 Å². The molecule has 3 rings (SSSR count). The van der Waals surface area contributed by atoms with Gasteiger partial charge in [-0.05, 0) is 17.7 Å². The van der Waals surface area contributed by atoms with Gasteiger partial charge in [-0.3, -0.25) is 15.1 Å². The fourth-order valence-electron chi connectivity index (χ4n) is 2.46. The summed E-state index contributed by atoms with van der Waals surface area (Å²) in [6.07, 6.45) is 1.68. The molecule has 1 aromatic heterocycles. The number of primary sulfonamides is 1. The van der Waals surface area contributed by atoms with Gasteiger partial charge in [-0.25, -0.2) is 13.6 Å². The van der Waals surface area contributed by atoms with Crippen LogP contribution in [0.1, 0.15) is 5.56 Å². The third-order valence-electron chi connectivity index (χ3n) is 3.63. The van der Waals surface area contributed by atoms with Crippen LogP contribution >= 0.6 is 0 Å². The minimum atomic E-state index is -4.06. The van der Waals surface area contributed by atoms with Gasteiger partial charge in [0.2, 0.25) is 10.0 Å². The van der Waals surface area contributed by atoms with E-state index in [1.807, 2.05) is 30.3 Å². The van der Waals surface area contributed by atoms with Crippen LogP contribution in [0.2, 0.25) is 0 Å². The Kier molecular flexibility index (Phi) is 4.34. The second-order valence-corrected chi connectivity index (χ2v) is 6.92. The summed E-state index contributed by atoms with van der Waals surface area (Å²) in [6.45, 7) is 0.319. The normalized spacial score (nSPS) is 11.4. The molecule has 0 atom stereocenters. The first-order chi connectivity index (χ1) is 11.8. The molecule has 3 N–H and O–H groups in total. The number of hydrogen-bond acceptors (Lipinski definition) is 6. The van der Waals surface area contributed by atoms with E-state index in [1.165, 1.54) is 12.1 Å². The van der Waals surface area contributed by atoms with Crippen molar-refractivity contribution in [2.75, 3.05) is 5.32 Å². The quantitative estimate of drug-likeness (QED) is 0.532. The lowest BCUT2D eigenvalue weighted by Crippen LogP contribution is -2.13. The first-order valence-corrected chi connectivity index (χ1v) is 8.78. The largest absolute Gasteiger partial charge is 0.381 e. The first-order valence-electron chi connectivity index (χ1n) is 7.23. The lowest BCUT2D eigenvalue weighted by Gasteiger charge is -2.10. The van der Waals surface area contributed by atoms with E-state index in [4.69, 9.17) is 5.14 Å². The molecule has 8 nitrogen and oxygen atoms in total. The van der Waals surface area contributed by atoms with Crippen molar-refractivity contribution < 1.29 is 13.3 Å². The summed E-state index contributed by atoms with van der Waals surface area (Å²) in [4.78, 5) is 14.4. The second kappa shape index (κ2) is 6.46. The lowest BCUT2D eigenvalue weighted by atomic mass is 10.1. The molecule has 0 aliphatic rings. The summed E-state index contributed by atoms with van der Waals surface area (Å²) in [5.74, 6) is 0. The maximum atomic E-state index is 11.5. The lowest BCUT2D eigenvalue weighted by molar-refractivity contribution is -0.385. The van der Waals surface area contributed by atoms with Gasteiger partial charge in [0.05, 0.1) is 15.3 Å². The topological polar surface area (TPSA) is 128 Å². The predicted octanol–water partition coefficient (Wildman–Crippen LogP) is 2.40. The molecular weight excluding hydrogens is 344 g/mol. The summed E-state index contributed by atoms with van der Waals surface area (Å²) >= 11 is 0. The van der Waals surface area contributed by atoms with Crippen LogP contribution < -0.4 is 10.5 Å². The van der Waals surface area contributed by atoms with E-state index in [0.717, 1.165) is 22.5 Å². The van der Waals surface area contributed by atoms with E-state index in [0.29, 0.717) is 6.54 Å². The van der Waals surface area contributed by atoms with E-state index in [-0.39, 0.29) is 16.3 Å². The van der Waals surface area contributed by atoms with E-state index >= 15 is 0 Å².